The Kier molecular flexibility index (Phi) is 3.18. The number of carbonyl (C=O) groups excluding carboxylic acids is 1. The van der Waals surface area contributed by atoms with Gasteiger partial charge < -0.3 is 10.1 Å². The molecule has 1 aliphatic heterocycles. The molecule has 0 aromatic carbocycles. The first-order valence-electron chi connectivity index (χ1n) is 4.80. The number of pyridine rings is 1. The minimum atomic E-state index is -0.322. The van der Waals surface area contributed by atoms with Gasteiger partial charge in [-0.2, -0.15) is 0 Å². The van der Waals surface area contributed by atoms with Crippen LogP contribution in [0.5, 0.6) is 0 Å². The lowest BCUT2D eigenvalue weighted by Crippen LogP contribution is -2.26. The van der Waals surface area contributed by atoms with Gasteiger partial charge in [0.1, 0.15) is 11.3 Å². The molecule has 1 aromatic rings. The van der Waals surface area contributed by atoms with E-state index in [1.165, 1.54) is 0 Å². The van der Waals surface area contributed by atoms with Crippen LogP contribution in [0.3, 0.4) is 0 Å². The molecule has 1 N–H and O–H groups in total. The van der Waals surface area contributed by atoms with E-state index in [4.69, 9.17) is 16.3 Å². The van der Waals surface area contributed by atoms with Crippen LogP contribution in [0.2, 0.25) is 5.15 Å². The number of rotatable bonds is 2. The number of hydrogen-bond donors (Lipinski definition) is 1. The largest absolute Gasteiger partial charge is 0.368 e. The van der Waals surface area contributed by atoms with Crippen LogP contribution >= 0.6 is 11.6 Å². The number of nitrogens with zero attached hydrogens (tertiary/aromatic N) is 1. The molecule has 1 atom stereocenters. The van der Waals surface area contributed by atoms with E-state index in [1.54, 1.807) is 18.3 Å². The number of nitrogens with one attached hydrogen (secondary N) is 1. The van der Waals surface area contributed by atoms with Crippen molar-refractivity contribution < 1.29 is 9.53 Å². The summed E-state index contributed by atoms with van der Waals surface area (Å²) in [6, 6.07) is 3.30. The SMILES string of the molecule is O=C(Nc1ccnc(Cl)c1)C1CCCO1. The average molecular weight is 227 g/mol. The zero-order valence-corrected chi connectivity index (χ0v) is 8.83. The Balaban J connectivity index is 1.99. The first kappa shape index (κ1) is 10.4. The fourth-order valence-corrected chi connectivity index (χ4v) is 1.66. The molecule has 80 valence electrons. The highest BCUT2D eigenvalue weighted by Crippen LogP contribution is 2.16. The van der Waals surface area contributed by atoms with E-state index in [0.717, 1.165) is 12.8 Å². The van der Waals surface area contributed by atoms with Gasteiger partial charge in [0, 0.05) is 18.5 Å². The maximum atomic E-state index is 11.6. The van der Waals surface area contributed by atoms with Gasteiger partial charge in [-0.1, -0.05) is 11.6 Å². The first-order valence-corrected chi connectivity index (χ1v) is 5.17. The molecule has 1 aromatic heterocycles. The highest BCUT2D eigenvalue weighted by molar-refractivity contribution is 6.29. The van der Waals surface area contributed by atoms with E-state index in [9.17, 15) is 4.79 Å². The second-order valence-corrected chi connectivity index (χ2v) is 3.75. The van der Waals surface area contributed by atoms with Gasteiger partial charge in [0.2, 0.25) is 0 Å². The monoisotopic (exact) mass is 226 g/mol. The van der Waals surface area contributed by atoms with E-state index >= 15 is 0 Å². The third-order valence-electron chi connectivity index (χ3n) is 2.22. The lowest BCUT2D eigenvalue weighted by Gasteiger charge is -2.09. The molecule has 0 bridgehead atoms. The Morgan fingerprint density at radius 3 is 3.20 bits per heavy atom. The van der Waals surface area contributed by atoms with Crippen molar-refractivity contribution in [1.29, 1.82) is 0 Å². The topological polar surface area (TPSA) is 51.2 Å². The number of anilines is 1. The van der Waals surface area contributed by atoms with Gasteiger partial charge in [0.05, 0.1) is 0 Å². The number of hydrogen-bond acceptors (Lipinski definition) is 3. The van der Waals surface area contributed by atoms with Gasteiger partial charge in [-0.15, -0.1) is 0 Å². The van der Waals surface area contributed by atoms with Gasteiger partial charge in [-0.3, -0.25) is 4.79 Å². The zero-order chi connectivity index (χ0) is 10.7. The van der Waals surface area contributed by atoms with Crippen LogP contribution in [-0.2, 0) is 9.53 Å². The number of amides is 1. The average Bonchev–Trinajstić information content (AvgIpc) is 2.70. The normalized spacial score (nSPS) is 20.2. The lowest BCUT2D eigenvalue weighted by molar-refractivity contribution is -0.124. The predicted octanol–water partition coefficient (Wildman–Crippen LogP) is 1.85. The Labute approximate surface area is 92.6 Å². The molecule has 1 saturated heterocycles. The van der Waals surface area contributed by atoms with Gasteiger partial charge in [0.25, 0.3) is 5.91 Å². The van der Waals surface area contributed by atoms with Crippen LogP contribution in [-0.4, -0.2) is 23.6 Å². The molecule has 4 nitrogen and oxygen atoms in total. The first-order chi connectivity index (χ1) is 7.25. The van der Waals surface area contributed by atoms with Crippen molar-refractivity contribution in [3.8, 4) is 0 Å². The highest BCUT2D eigenvalue weighted by Gasteiger charge is 2.23. The van der Waals surface area contributed by atoms with Crippen LogP contribution in [0.25, 0.3) is 0 Å². The summed E-state index contributed by atoms with van der Waals surface area (Å²) in [6.45, 7) is 0.662. The van der Waals surface area contributed by atoms with Crippen molar-refractivity contribution in [2.75, 3.05) is 11.9 Å². The third kappa shape index (κ3) is 2.67. The van der Waals surface area contributed by atoms with E-state index in [1.807, 2.05) is 0 Å². The van der Waals surface area contributed by atoms with Crippen LogP contribution in [0.15, 0.2) is 18.3 Å². The van der Waals surface area contributed by atoms with Crippen molar-refractivity contribution in [2.24, 2.45) is 0 Å². The van der Waals surface area contributed by atoms with Crippen LogP contribution in [0.1, 0.15) is 12.8 Å². The van der Waals surface area contributed by atoms with Gasteiger partial charge in [-0.25, -0.2) is 4.98 Å². The Bertz CT molecular complexity index is 364. The molecule has 0 radical (unpaired) electrons. The summed E-state index contributed by atoms with van der Waals surface area (Å²) in [5, 5.41) is 3.10. The van der Waals surface area contributed by atoms with Gasteiger partial charge >= 0.3 is 0 Å². The zero-order valence-electron chi connectivity index (χ0n) is 8.07. The van der Waals surface area contributed by atoms with Gasteiger partial charge in [-0.05, 0) is 25.0 Å². The predicted molar refractivity (Wildman–Crippen MR) is 56.9 cm³/mol. The summed E-state index contributed by atoms with van der Waals surface area (Å²) >= 11 is 5.69. The standard InChI is InChI=1S/C10H11ClN2O2/c11-9-6-7(3-4-12-9)13-10(14)8-2-1-5-15-8/h3-4,6,8H,1-2,5H2,(H,12,13,14). The van der Waals surface area contributed by atoms with Crippen molar-refractivity contribution in [1.82, 2.24) is 4.98 Å². The summed E-state index contributed by atoms with van der Waals surface area (Å²) in [5.74, 6) is -0.116. The molecule has 1 unspecified atom stereocenters. The summed E-state index contributed by atoms with van der Waals surface area (Å²) in [7, 11) is 0. The maximum Gasteiger partial charge on any atom is 0.253 e. The smallest absolute Gasteiger partial charge is 0.253 e. The number of ether oxygens (including phenoxy) is 1. The van der Waals surface area contributed by atoms with Gasteiger partial charge in [0.15, 0.2) is 0 Å². The molecule has 0 saturated carbocycles. The Hall–Kier alpha value is -1.13. The Morgan fingerprint density at radius 2 is 2.53 bits per heavy atom. The highest BCUT2D eigenvalue weighted by atomic mass is 35.5. The summed E-state index contributed by atoms with van der Waals surface area (Å²) in [4.78, 5) is 15.5. The molecular weight excluding hydrogens is 216 g/mol. The number of carbonyl (C=O) groups is 1. The summed E-state index contributed by atoms with van der Waals surface area (Å²) in [5.41, 5.74) is 0.649. The molecule has 1 fully saturated rings. The third-order valence-corrected chi connectivity index (χ3v) is 2.42. The number of halogens is 1. The summed E-state index contributed by atoms with van der Waals surface area (Å²) < 4.78 is 5.26. The van der Waals surface area contributed by atoms with Crippen LogP contribution < -0.4 is 5.32 Å². The molecule has 1 amide bonds. The second-order valence-electron chi connectivity index (χ2n) is 3.36. The maximum absolute atomic E-state index is 11.6. The van der Waals surface area contributed by atoms with Crippen molar-refractivity contribution >= 4 is 23.2 Å². The molecule has 5 heteroatoms. The molecule has 0 spiro atoms. The molecule has 2 rings (SSSR count). The lowest BCUT2D eigenvalue weighted by atomic mass is 10.2. The van der Waals surface area contributed by atoms with Crippen molar-refractivity contribution in [3.05, 3.63) is 23.5 Å². The molecule has 0 aliphatic carbocycles. The molecular formula is C10H11ClN2O2. The minimum Gasteiger partial charge on any atom is -0.368 e. The molecule has 15 heavy (non-hydrogen) atoms. The number of aromatic nitrogens is 1. The van der Waals surface area contributed by atoms with Crippen molar-refractivity contribution in [3.63, 3.8) is 0 Å². The van der Waals surface area contributed by atoms with Crippen molar-refractivity contribution in [2.45, 2.75) is 18.9 Å². The fraction of sp³-hybridized carbons (Fsp3) is 0.400. The van der Waals surface area contributed by atoms with E-state index in [-0.39, 0.29) is 12.0 Å². The quantitative estimate of drug-likeness (QED) is 0.783. The second kappa shape index (κ2) is 4.59. The van der Waals surface area contributed by atoms with E-state index in [0.29, 0.717) is 17.4 Å². The van der Waals surface area contributed by atoms with E-state index in [2.05, 4.69) is 10.3 Å². The fourth-order valence-electron chi connectivity index (χ4n) is 1.49. The van der Waals surface area contributed by atoms with E-state index < -0.39 is 0 Å². The van der Waals surface area contributed by atoms with Crippen LogP contribution in [0, 0.1) is 0 Å². The molecule has 1 aliphatic rings. The molecule has 2 heterocycles. The Morgan fingerprint density at radius 1 is 1.67 bits per heavy atom. The van der Waals surface area contributed by atoms with Crippen LogP contribution in [0.4, 0.5) is 5.69 Å². The minimum absolute atomic E-state index is 0.116. The summed E-state index contributed by atoms with van der Waals surface area (Å²) in [6.07, 6.45) is 2.95.